The van der Waals surface area contributed by atoms with Crippen LogP contribution in [0.5, 0.6) is 5.75 Å². The van der Waals surface area contributed by atoms with Crippen LogP contribution in [0.4, 0.5) is 5.95 Å². The maximum absolute atomic E-state index is 11.1. The van der Waals surface area contributed by atoms with E-state index >= 15 is 0 Å². The zero-order valence-electron chi connectivity index (χ0n) is 20.0. The standard InChI is InChI=1S/C24H30N6O5/c1-4-15-9-16(7-13(2)21(15)34-12-18(32)10-25-20(33)11-31)22-29-23(35-30-22)19-8-14(3)26-24(28-19)27-17-5-6-17/h7-9,17-18,31-32H,4-6,10-12H2,1-3H3,(H,25,33)(H,26,27,28)/t18-/m0/s1. The molecule has 2 aromatic heterocycles. The van der Waals surface area contributed by atoms with Crippen molar-refractivity contribution in [2.75, 3.05) is 25.1 Å². The summed E-state index contributed by atoms with van der Waals surface area (Å²) < 4.78 is 11.4. The highest BCUT2D eigenvalue weighted by atomic mass is 16.5. The number of aromatic nitrogens is 4. The van der Waals surface area contributed by atoms with Crippen LogP contribution in [0.15, 0.2) is 22.7 Å². The smallest absolute Gasteiger partial charge is 0.277 e. The summed E-state index contributed by atoms with van der Waals surface area (Å²) in [5.74, 6) is 1.42. The Kier molecular flexibility index (Phi) is 7.57. The molecule has 1 atom stereocenters. The second kappa shape index (κ2) is 10.8. The predicted molar refractivity (Wildman–Crippen MR) is 128 cm³/mol. The van der Waals surface area contributed by atoms with Crippen LogP contribution in [0.1, 0.15) is 36.6 Å². The third-order valence-corrected chi connectivity index (χ3v) is 5.50. The Balaban J connectivity index is 1.50. The van der Waals surface area contributed by atoms with E-state index in [1.54, 1.807) is 0 Å². The molecular weight excluding hydrogens is 452 g/mol. The first-order chi connectivity index (χ1) is 16.9. The molecule has 1 aliphatic rings. The van der Waals surface area contributed by atoms with E-state index in [1.165, 1.54) is 0 Å². The number of anilines is 1. The second-order valence-electron chi connectivity index (χ2n) is 8.62. The summed E-state index contributed by atoms with van der Waals surface area (Å²) in [5, 5.41) is 28.7. The zero-order chi connectivity index (χ0) is 24.9. The summed E-state index contributed by atoms with van der Waals surface area (Å²) >= 11 is 0. The molecule has 1 amide bonds. The van der Waals surface area contributed by atoms with Gasteiger partial charge in [0, 0.05) is 23.8 Å². The molecular formula is C24H30N6O5. The molecule has 0 radical (unpaired) electrons. The number of ether oxygens (including phenoxy) is 1. The van der Waals surface area contributed by atoms with Crippen molar-refractivity contribution in [1.29, 1.82) is 0 Å². The molecule has 35 heavy (non-hydrogen) atoms. The molecule has 1 saturated carbocycles. The van der Waals surface area contributed by atoms with Gasteiger partial charge in [-0.2, -0.15) is 4.98 Å². The summed E-state index contributed by atoms with van der Waals surface area (Å²) in [7, 11) is 0. The maximum Gasteiger partial charge on any atom is 0.277 e. The Morgan fingerprint density at radius 2 is 2.03 bits per heavy atom. The number of carbonyl (C=O) groups excluding carboxylic acids is 1. The molecule has 2 heterocycles. The number of benzene rings is 1. The monoisotopic (exact) mass is 482 g/mol. The summed E-state index contributed by atoms with van der Waals surface area (Å²) in [4.78, 5) is 24.7. The van der Waals surface area contributed by atoms with E-state index in [-0.39, 0.29) is 13.2 Å². The number of nitrogens with zero attached hydrogens (tertiary/aromatic N) is 4. The van der Waals surface area contributed by atoms with Crippen LogP contribution in [0, 0.1) is 13.8 Å². The van der Waals surface area contributed by atoms with Crippen molar-refractivity contribution in [3.8, 4) is 28.7 Å². The predicted octanol–water partition coefficient (Wildman–Crippen LogP) is 1.80. The SMILES string of the molecule is CCc1cc(-c2noc(-c3cc(C)nc(NC4CC4)n3)n2)cc(C)c1OC[C@@H](O)CNC(=O)CO. The van der Waals surface area contributed by atoms with Gasteiger partial charge in [0.15, 0.2) is 0 Å². The average molecular weight is 483 g/mol. The molecule has 1 fully saturated rings. The second-order valence-corrected chi connectivity index (χ2v) is 8.62. The molecule has 3 aromatic rings. The molecule has 11 nitrogen and oxygen atoms in total. The Morgan fingerprint density at radius 1 is 1.23 bits per heavy atom. The van der Waals surface area contributed by atoms with Crippen molar-refractivity contribution in [2.45, 2.75) is 52.2 Å². The van der Waals surface area contributed by atoms with Crippen LogP contribution in [0.2, 0.25) is 0 Å². The Labute approximate surface area is 203 Å². The van der Waals surface area contributed by atoms with E-state index in [2.05, 4.69) is 30.7 Å². The van der Waals surface area contributed by atoms with Crippen molar-refractivity contribution >= 4 is 11.9 Å². The van der Waals surface area contributed by atoms with Gasteiger partial charge in [-0.1, -0.05) is 12.1 Å². The maximum atomic E-state index is 11.1. The van der Waals surface area contributed by atoms with E-state index in [0.29, 0.717) is 41.6 Å². The number of amides is 1. The number of carbonyl (C=O) groups is 1. The van der Waals surface area contributed by atoms with Gasteiger partial charge in [-0.15, -0.1) is 0 Å². The fourth-order valence-corrected chi connectivity index (χ4v) is 3.57. The summed E-state index contributed by atoms with van der Waals surface area (Å²) in [6.45, 7) is 5.17. The number of aliphatic hydroxyl groups is 2. The van der Waals surface area contributed by atoms with Crippen LogP contribution >= 0.6 is 0 Å². The third-order valence-electron chi connectivity index (χ3n) is 5.50. The Hall–Kier alpha value is -3.57. The molecule has 0 aliphatic heterocycles. The lowest BCUT2D eigenvalue weighted by Gasteiger charge is -2.17. The Morgan fingerprint density at radius 3 is 2.74 bits per heavy atom. The van der Waals surface area contributed by atoms with Crippen LogP contribution in [0.3, 0.4) is 0 Å². The summed E-state index contributed by atoms with van der Waals surface area (Å²) in [5.41, 5.74) is 3.92. The van der Waals surface area contributed by atoms with Crippen molar-refractivity contribution in [3.63, 3.8) is 0 Å². The highest BCUT2D eigenvalue weighted by Gasteiger charge is 2.23. The molecule has 186 valence electrons. The van der Waals surface area contributed by atoms with Crippen LogP contribution in [-0.4, -0.2) is 68.1 Å². The molecule has 0 spiro atoms. The third kappa shape index (κ3) is 6.31. The molecule has 1 aliphatic carbocycles. The number of aryl methyl sites for hydroxylation is 3. The van der Waals surface area contributed by atoms with Crippen LogP contribution < -0.4 is 15.4 Å². The minimum absolute atomic E-state index is 0.00442. The largest absolute Gasteiger partial charge is 0.490 e. The lowest BCUT2D eigenvalue weighted by Crippen LogP contribution is -2.36. The van der Waals surface area contributed by atoms with Crippen LogP contribution in [0.25, 0.3) is 23.0 Å². The average Bonchev–Trinajstić information content (AvgIpc) is 3.51. The van der Waals surface area contributed by atoms with E-state index in [4.69, 9.17) is 14.4 Å². The van der Waals surface area contributed by atoms with Crippen molar-refractivity contribution < 1.29 is 24.3 Å². The first-order valence-corrected chi connectivity index (χ1v) is 11.6. The van der Waals surface area contributed by atoms with Crippen molar-refractivity contribution in [3.05, 3.63) is 35.0 Å². The summed E-state index contributed by atoms with van der Waals surface area (Å²) in [6, 6.07) is 6.07. The Bertz CT molecular complexity index is 1190. The first-order valence-electron chi connectivity index (χ1n) is 11.6. The number of hydrogen-bond donors (Lipinski definition) is 4. The topological polar surface area (TPSA) is 156 Å². The van der Waals surface area contributed by atoms with Crippen LogP contribution in [-0.2, 0) is 11.2 Å². The lowest BCUT2D eigenvalue weighted by molar-refractivity contribution is -0.124. The molecule has 11 heteroatoms. The van der Waals surface area contributed by atoms with Gasteiger partial charge in [-0.3, -0.25) is 4.79 Å². The van der Waals surface area contributed by atoms with E-state index < -0.39 is 18.6 Å². The van der Waals surface area contributed by atoms with Gasteiger partial charge in [-0.25, -0.2) is 9.97 Å². The van der Waals surface area contributed by atoms with Crippen molar-refractivity contribution in [2.24, 2.45) is 0 Å². The van der Waals surface area contributed by atoms with Gasteiger partial charge in [0.05, 0.1) is 0 Å². The minimum atomic E-state index is -0.912. The lowest BCUT2D eigenvalue weighted by atomic mass is 10.0. The molecule has 4 N–H and O–H groups in total. The molecule has 0 bridgehead atoms. The first kappa shape index (κ1) is 24.6. The normalized spacial score (nSPS) is 14.0. The molecule has 4 rings (SSSR count). The zero-order valence-corrected chi connectivity index (χ0v) is 20.0. The van der Waals surface area contributed by atoms with Gasteiger partial charge in [0.25, 0.3) is 5.89 Å². The molecule has 0 unspecified atom stereocenters. The molecule has 0 saturated heterocycles. The van der Waals surface area contributed by atoms with E-state index in [0.717, 1.165) is 35.2 Å². The number of nitrogens with one attached hydrogen (secondary N) is 2. The summed E-state index contributed by atoms with van der Waals surface area (Å²) in [6.07, 6.45) is 2.02. The quantitative estimate of drug-likeness (QED) is 0.318. The van der Waals surface area contributed by atoms with Gasteiger partial charge in [-0.05, 0) is 62.4 Å². The number of aliphatic hydroxyl groups excluding tert-OH is 2. The number of rotatable bonds is 11. The highest BCUT2D eigenvalue weighted by molar-refractivity contribution is 5.76. The van der Waals surface area contributed by atoms with E-state index in [1.807, 2.05) is 39.0 Å². The molecule has 1 aromatic carbocycles. The highest BCUT2D eigenvalue weighted by Crippen LogP contribution is 2.31. The van der Waals surface area contributed by atoms with Gasteiger partial charge >= 0.3 is 0 Å². The van der Waals surface area contributed by atoms with Gasteiger partial charge in [0.1, 0.15) is 30.8 Å². The minimum Gasteiger partial charge on any atom is -0.490 e. The fraction of sp³-hybridized carbons (Fsp3) is 0.458. The van der Waals surface area contributed by atoms with Crippen molar-refractivity contribution in [1.82, 2.24) is 25.4 Å². The van der Waals surface area contributed by atoms with Gasteiger partial charge in [0.2, 0.25) is 17.7 Å². The van der Waals surface area contributed by atoms with Gasteiger partial charge < -0.3 is 30.1 Å². The fourth-order valence-electron chi connectivity index (χ4n) is 3.57. The number of hydrogen-bond acceptors (Lipinski definition) is 10. The van der Waals surface area contributed by atoms with E-state index in [9.17, 15) is 9.90 Å².